The van der Waals surface area contributed by atoms with Crippen LogP contribution in [0.4, 0.5) is 5.69 Å². The lowest BCUT2D eigenvalue weighted by molar-refractivity contribution is 0.734. The van der Waals surface area contributed by atoms with E-state index >= 15 is 0 Å². The van der Waals surface area contributed by atoms with Gasteiger partial charge in [-0.15, -0.1) is 0 Å². The van der Waals surface area contributed by atoms with Gasteiger partial charge in [-0.2, -0.15) is 0 Å². The van der Waals surface area contributed by atoms with Crippen molar-refractivity contribution in [3.05, 3.63) is 62.5 Å². The Labute approximate surface area is 143 Å². The Morgan fingerprint density at radius 2 is 1.67 bits per heavy atom. The minimum Gasteiger partial charge on any atom is -0.370 e. The number of halogens is 2. The molecule has 4 heteroatoms. The Bertz CT molecular complexity index is 594. The second-order valence-electron chi connectivity index (χ2n) is 5.44. The molecule has 112 valence electrons. The Morgan fingerprint density at radius 3 is 2.29 bits per heavy atom. The number of nitrogens with zero attached hydrogens (tertiary/aromatic N) is 1. The summed E-state index contributed by atoms with van der Waals surface area (Å²) in [5, 5.41) is 0. The number of hydrogen-bond donors (Lipinski definition) is 1. The first-order valence-electron chi connectivity index (χ1n) is 6.95. The second-order valence-corrected chi connectivity index (χ2v) is 7.27. The van der Waals surface area contributed by atoms with Crippen LogP contribution in [0.15, 0.2) is 51.4 Å². The van der Waals surface area contributed by atoms with Gasteiger partial charge >= 0.3 is 0 Å². The highest BCUT2D eigenvalue weighted by molar-refractivity contribution is 9.10. The van der Waals surface area contributed by atoms with Crippen LogP contribution in [0.25, 0.3) is 0 Å². The van der Waals surface area contributed by atoms with Crippen LogP contribution in [0.3, 0.4) is 0 Å². The molecule has 0 aliphatic carbocycles. The maximum absolute atomic E-state index is 5.97. The molecular formula is C17H20Br2N2. The van der Waals surface area contributed by atoms with E-state index in [4.69, 9.17) is 5.73 Å². The molecule has 2 N–H and O–H groups in total. The van der Waals surface area contributed by atoms with Crippen LogP contribution in [0.1, 0.15) is 18.1 Å². The number of rotatable bonds is 5. The van der Waals surface area contributed by atoms with E-state index in [9.17, 15) is 0 Å². The molecule has 1 unspecified atom stereocenters. The van der Waals surface area contributed by atoms with Crippen molar-refractivity contribution in [3.63, 3.8) is 0 Å². The van der Waals surface area contributed by atoms with E-state index in [0.29, 0.717) is 0 Å². The normalized spacial score (nSPS) is 12.2. The van der Waals surface area contributed by atoms with Crippen molar-refractivity contribution in [2.45, 2.75) is 25.9 Å². The zero-order chi connectivity index (χ0) is 15.4. The Balaban J connectivity index is 2.21. The first-order chi connectivity index (χ1) is 9.95. The molecule has 0 saturated heterocycles. The highest BCUT2D eigenvalue weighted by atomic mass is 79.9. The third-order valence-electron chi connectivity index (χ3n) is 3.33. The second kappa shape index (κ2) is 7.43. The zero-order valence-corrected chi connectivity index (χ0v) is 15.5. The van der Waals surface area contributed by atoms with Crippen LogP contribution >= 0.6 is 31.9 Å². The van der Waals surface area contributed by atoms with Gasteiger partial charge in [-0.3, -0.25) is 0 Å². The Morgan fingerprint density at radius 1 is 1.05 bits per heavy atom. The van der Waals surface area contributed by atoms with Gasteiger partial charge < -0.3 is 10.6 Å². The number of benzene rings is 2. The molecule has 0 bridgehead atoms. The molecular weight excluding hydrogens is 392 g/mol. The van der Waals surface area contributed by atoms with Crippen LogP contribution in [-0.2, 0) is 13.0 Å². The molecule has 0 aliphatic rings. The van der Waals surface area contributed by atoms with E-state index < -0.39 is 0 Å². The summed E-state index contributed by atoms with van der Waals surface area (Å²) < 4.78 is 2.20. The third kappa shape index (κ3) is 4.83. The Kier molecular flexibility index (Phi) is 5.85. The number of hydrogen-bond acceptors (Lipinski definition) is 2. The predicted octanol–water partition coefficient (Wildman–Crippen LogP) is 4.74. The van der Waals surface area contributed by atoms with Crippen molar-refractivity contribution in [3.8, 4) is 0 Å². The molecule has 21 heavy (non-hydrogen) atoms. The highest BCUT2D eigenvalue weighted by Gasteiger charge is 2.10. The van der Waals surface area contributed by atoms with Crippen LogP contribution < -0.4 is 10.6 Å². The fraction of sp³-hybridized carbons (Fsp3) is 0.294. The Hall–Kier alpha value is -0.840. The molecule has 2 nitrogen and oxygen atoms in total. The van der Waals surface area contributed by atoms with Gasteiger partial charge in [0.2, 0.25) is 0 Å². The summed E-state index contributed by atoms with van der Waals surface area (Å²) in [6.45, 7) is 2.92. The first-order valence-corrected chi connectivity index (χ1v) is 8.54. The molecule has 0 radical (unpaired) electrons. The van der Waals surface area contributed by atoms with Gasteiger partial charge in [-0.1, -0.05) is 44.0 Å². The molecule has 0 saturated carbocycles. The topological polar surface area (TPSA) is 29.3 Å². The fourth-order valence-electron chi connectivity index (χ4n) is 2.39. The lowest BCUT2D eigenvalue weighted by Crippen LogP contribution is -2.22. The summed E-state index contributed by atoms with van der Waals surface area (Å²) in [6, 6.07) is 15.0. The van der Waals surface area contributed by atoms with Crippen LogP contribution in [0.5, 0.6) is 0 Å². The van der Waals surface area contributed by atoms with Gasteiger partial charge in [0.25, 0.3) is 0 Å². The average Bonchev–Trinajstić information content (AvgIpc) is 2.40. The fourth-order valence-corrected chi connectivity index (χ4v) is 3.06. The molecule has 0 amide bonds. The van der Waals surface area contributed by atoms with Crippen molar-refractivity contribution in [1.29, 1.82) is 0 Å². The summed E-state index contributed by atoms with van der Waals surface area (Å²) in [5.41, 5.74) is 9.77. The summed E-state index contributed by atoms with van der Waals surface area (Å²) in [4.78, 5) is 2.27. The van der Waals surface area contributed by atoms with E-state index in [1.54, 1.807) is 0 Å². The summed E-state index contributed by atoms with van der Waals surface area (Å²) >= 11 is 7.02. The smallest absolute Gasteiger partial charge is 0.0426 e. The number of nitrogens with two attached hydrogens (primary N) is 1. The van der Waals surface area contributed by atoms with Crippen molar-refractivity contribution in [1.82, 2.24) is 0 Å². The van der Waals surface area contributed by atoms with E-state index in [1.165, 1.54) is 16.8 Å². The minimum absolute atomic E-state index is 0.152. The van der Waals surface area contributed by atoms with Crippen molar-refractivity contribution < 1.29 is 0 Å². The molecule has 2 aromatic rings. The molecule has 0 aromatic heterocycles. The van der Waals surface area contributed by atoms with Gasteiger partial charge in [0.05, 0.1) is 0 Å². The van der Waals surface area contributed by atoms with Crippen LogP contribution in [0, 0.1) is 0 Å². The van der Waals surface area contributed by atoms with Gasteiger partial charge in [0, 0.05) is 34.3 Å². The maximum atomic E-state index is 5.97. The van der Waals surface area contributed by atoms with Crippen molar-refractivity contribution >= 4 is 37.5 Å². The molecule has 0 fully saturated rings. The third-order valence-corrected chi connectivity index (χ3v) is 4.35. The quantitative estimate of drug-likeness (QED) is 0.769. The van der Waals surface area contributed by atoms with Gasteiger partial charge in [0.1, 0.15) is 0 Å². The standard InChI is InChI=1S/C17H20Br2N2/c1-12(20)9-14-10-16(19)7-8-17(14)21(2)11-13-3-5-15(18)6-4-13/h3-8,10,12H,9,11,20H2,1-2H3. The van der Waals surface area contributed by atoms with E-state index in [-0.39, 0.29) is 6.04 Å². The highest BCUT2D eigenvalue weighted by Crippen LogP contribution is 2.26. The van der Waals surface area contributed by atoms with Crippen LogP contribution in [-0.4, -0.2) is 13.1 Å². The lowest BCUT2D eigenvalue weighted by Gasteiger charge is -2.24. The van der Waals surface area contributed by atoms with Gasteiger partial charge in [0.15, 0.2) is 0 Å². The molecule has 2 rings (SSSR count). The molecule has 2 aromatic carbocycles. The molecule has 0 spiro atoms. The van der Waals surface area contributed by atoms with Crippen molar-refractivity contribution in [2.75, 3.05) is 11.9 Å². The summed E-state index contributed by atoms with van der Waals surface area (Å²) in [7, 11) is 2.12. The predicted molar refractivity (Wildman–Crippen MR) is 97.7 cm³/mol. The molecule has 1 atom stereocenters. The van der Waals surface area contributed by atoms with E-state index in [0.717, 1.165) is 21.9 Å². The SMILES string of the molecule is CC(N)Cc1cc(Br)ccc1N(C)Cc1ccc(Br)cc1. The van der Waals surface area contributed by atoms with Crippen molar-refractivity contribution in [2.24, 2.45) is 5.73 Å². The van der Waals surface area contributed by atoms with Crippen LogP contribution in [0.2, 0.25) is 0 Å². The van der Waals surface area contributed by atoms with Gasteiger partial charge in [-0.05, 0) is 54.8 Å². The monoisotopic (exact) mass is 410 g/mol. The molecule has 0 aliphatic heterocycles. The summed E-state index contributed by atoms with van der Waals surface area (Å²) in [6.07, 6.45) is 0.874. The lowest BCUT2D eigenvalue weighted by atomic mass is 10.0. The largest absolute Gasteiger partial charge is 0.370 e. The number of anilines is 1. The first kappa shape index (κ1) is 16.5. The van der Waals surface area contributed by atoms with Gasteiger partial charge in [-0.25, -0.2) is 0 Å². The zero-order valence-electron chi connectivity index (χ0n) is 12.3. The summed E-state index contributed by atoms with van der Waals surface area (Å²) in [5.74, 6) is 0. The molecule has 0 heterocycles. The van der Waals surface area contributed by atoms with E-state index in [1.807, 2.05) is 6.92 Å². The average molecular weight is 412 g/mol. The minimum atomic E-state index is 0.152. The van der Waals surface area contributed by atoms with E-state index in [2.05, 4.69) is 86.3 Å². The maximum Gasteiger partial charge on any atom is 0.0426 e.